The van der Waals surface area contributed by atoms with E-state index in [0.29, 0.717) is 18.0 Å². The lowest BCUT2D eigenvalue weighted by atomic mass is 10.2. The third-order valence-electron chi connectivity index (χ3n) is 5.18. The molecule has 0 spiro atoms. The van der Waals surface area contributed by atoms with Gasteiger partial charge in [0, 0.05) is 26.2 Å². The van der Waals surface area contributed by atoms with Gasteiger partial charge in [-0.05, 0) is 55.9 Å². The summed E-state index contributed by atoms with van der Waals surface area (Å²) < 4.78 is 39.5. The molecule has 0 amide bonds. The first-order valence-electron chi connectivity index (χ1n) is 10.3. The van der Waals surface area contributed by atoms with Crippen molar-refractivity contribution >= 4 is 21.4 Å². The number of benzene rings is 2. The Morgan fingerprint density at radius 3 is 2.37 bits per heavy atom. The van der Waals surface area contributed by atoms with Crippen molar-refractivity contribution in [2.45, 2.75) is 24.7 Å². The van der Waals surface area contributed by atoms with Gasteiger partial charge in [0.05, 0.1) is 30.0 Å². The van der Waals surface area contributed by atoms with Crippen molar-refractivity contribution in [1.82, 2.24) is 4.90 Å². The Morgan fingerprint density at radius 2 is 1.73 bits per heavy atom. The number of likely N-dealkylation sites (N-methyl/N-ethyl adjacent to an activating group) is 1. The molecule has 8 heteroatoms. The van der Waals surface area contributed by atoms with Crippen LogP contribution in [0.4, 0.5) is 11.4 Å². The fourth-order valence-corrected chi connectivity index (χ4v) is 4.36. The third kappa shape index (κ3) is 5.58. The van der Waals surface area contributed by atoms with Crippen LogP contribution in [0, 0.1) is 0 Å². The van der Waals surface area contributed by atoms with Crippen LogP contribution in [0.25, 0.3) is 0 Å². The molecule has 0 saturated carbocycles. The normalized spacial score (nSPS) is 15.1. The first-order chi connectivity index (χ1) is 14.4. The van der Waals surface area contributed by atoms with Gasteiger partial charge in [-0.25, -0.2) is 8.42 Å². The molecular formula is C22H31N3O4S. The molecule has 1 N–H and O–H groups in total. The summed E-state index contributed by atoms with van der Waals surface area (Å²) >= 11 is 0. The molecule has 0 aromatic heterocycles. The Kier molecular flexibility index (Phi) is 7.44. The average Bonchev–Trinajstić information content (AvgIpc) is 2.74. The summed E-state index contributed by atoms with van der Waals surface area (Å²) in [4.78, 5) is 4.69. The summed E-state index contributed by atoms with van der Waals surface area (Å²) in [5.74, 6) is 1.40. The van der Waals surface area contributed by atoms with Crippen molar-refractivity contribution in [3.8, 4) is 11.5 Å². The van der Waals surface area contributed by atoms with Crippen LogP contribution in [0.3, 0.4) is 0 Å². The number of unbranched alkanes of at least 4 members (excludes halogenated alkanes) is 1. The summed E-state index contributed by atoms with van der Waals surface area (Å²) in [5, 5.41) is 0. The Morgan fingerprint density at radius 1 is 1.03 bits per heavy atom. The largest absolute Gasteiger partial charge is 0.495 e. The molecule has 2 aromatic rings. The summed E-state index contributed by atoms with van der Waals surface area (Å²) in [5.41, 5.74) is 1.40. The zero-order valence-corrected chi connectivity index (χ0v) is 18.7. The van der Waals surface area contributed by atoms with Crippen molar-refractivity contribution in [3.63, 3.8) is 0 Å². The Labute approximate surface area is 179 Å². The number of rotatable bonds is 9. The van der Waals surface area contributed by atoms with Crippen molar-refractivity contribution in [3.05, 3.63) is 42.5 Å². The van der Waals surface area contributed by atoms with Crippen LogP contribution >= 0.6 is 0 Å². The molecule has 0 radical (unpaired) electrons. The molecule has 0 aliphatic carbocycles. The molecule has 2 aromatic carbocycles. The number of hydrogen-bond donors (Lipinski definition) is 1. The summed E-state index contributed by atoms with van der Waals surface area (Å²) in [6, 6.07) is 11.9. The first kappa shape index (κ1) is 22.2. The molecule has 30 heavy (non-hydrogen) atoms. The number of nitrogens with one attached hydrogen (secondary N) is 1. The van der Waals surface area contributed by atoms with E-state index >= 15 is 0 Å². The summed E-state index contributed by atoms with van der Waals surface area (Å²) in [7, 11) is 0.0201. The van der Waals surface area contributed by atoms with Gasteiger partial charge in [-0.2, -0.15) is 0 Å². The van der Waals surface area contributed by atoms with Crippen LogP contribution in [-0.4, -0.2) is 60.3 Å². The highest BCUT2D eigenvalue weighted by atomic mass is 32.2. The Hall–Kier alpha value is -2.45. The van der Waals surface area contributed by atoms with Crippen LogP contribution in [-0.2, 0) is 10.0 Å². The highest BCUT2D eigenvalue weighted by Crippen LogP contribution is 2.33. The lowest BCUT2D eigenvalue weighted by Gasteiger charge is -2.35. The van der Waals surface area contributed by atoms with Gasteiger partial charge in [-0.1, -0.05) is 13.3 Å². The van der Waals surface area contributed by atoms with Crippen molar-refractivity contribution in [2.24, 2.45) is 0 Å². The van der Waals surface area contributed by atoms with Gasteiger partial charge < -0.3 is 19.3 Å². The second-order valence-corrected chi connectivity index (χ2v) is 9.14. The third-order valence-corrected chi connectivity index (χ3v) is 6.57. The highest BCUT2D eigenvalue weighted by molar-refractivity contribution is 7.92. The van der Waals surface area contributed by atoms with Crippen molar-refractivity contribution in [1.29, 1.82) is 0 Å². The number of nitrogens with zero attached hydrogens (tertiary/aromatic N) is 2. The molecular weight excluding hydrogens is 402 g/mol. The maximum absolute atomic E-state index is 12.9. The maximum Gasteiger partial charge on any atom is 0.261 e. The van der Waals surface area contributed by atoms with E-state index in [1.54, 1.807) is 43.5 Å². The van der Waals surface area contributed by atoms with E-state index in [2.05, 4.69) is 28.5 Å². The van der Waals surface area contributed by atoms with E-state index in [4.69, 9.17) is 9.47 Å². The van der Waals surface area contributed by atoms with Crippen LogP contribution in [0.5, 0.6) is 11.5 Å². The zero-order valence-electron chi connectivity index (χ0n) is 17.9. The second kappa shape index (κ2) is 10.0. The minimum Gasteiger partial charge on any atom is -0.495 e. The quantitative estimate of drug-likeness (QED) is 0.611. The van der Waals surface area contributed by atoms with Gasteiger partial charge in [0.1, 0.15) is 11.5 Å². The standard InChI is InChI=1S/C22H31N3O4S/c1-4-5-16-29-19-7-9-20(10-8-19)30(26,27)23-18-6-11-22(28-3)21(17-18)25-14-12-24(2)13-15-25/h6-11,17,23H,4-5,12-16H2,1-3H3. The molecule has 0 atom stereocenters. The van der Waals surface area contributed by atoms with Crippen LogP contribution in [0.1, 0.15) is 19.8 Å². The lowest BCUT2D eigenvalue weighted by Crippen LogP contribution is -2.44. The van der Waals surface area contributed by atoms with E-state index in [1.807, 2.05) is 6.07 Å². The molecule has 1 heterocycles. The van der Waals surface area contributed by atoms with Gasteiger partial charge >= 0.3 is 0 Å². The van der Waals surface area contributed by atoms with Crippen LogP contribution in [0.15, 0.2) is 47.4 Å². The minimum atomic E-state index is -3.70. The smallest absolute Gasteiger partial charge is 0.261 e. The average molecular weight is 434 g/mol. The predicted octanol–water partition coefficient (Wildman–Crippen LogP) is 3.43. The molecule has 3 rings (SSSR count). The number of hydrogen-bond acceptors (Lipinski definition) is 6. The van der Waals surface area contributed by atoms with Gasteiger partial charge in [0.2, 0.25) is 0 Å². The molecule has 1 fully saturated rings. The minimum absolute atomic E-state index is 0.197. The molecule has 7 nitrogen and oxygen atoms in total. The van der Waals surface area contributed by atoms with Crippen LogP contribution in [0.2, 0.25) is 0 Å². The maximum atomic E-state index is 12.9. The molecule has 1 aliphatic heterocycles. The fraction of sp³-hybridized carbons (Fsp3) is 0.455. The van der Waals surface area contributed by atoms with E-state index in [0.717, 1.165) is 50.5 Å². The Balaban J connectivity index is 1.75. The first-order valence-corrected chi connectivity index (χ1v) is 11.8. The molecule has 0 bridgehead atoms. The SMILES string of the molecule is CCCCOc1ccc(S(=O)(=O)Nc2ccc(OC)c(N3CCN(C)CC3)c2)cc1. The molecule has 1 saturated heterocycles. The zero-order chi connectivity index (χ0) is 21.6. The summed E-state index contributed by atoms with van der Waals surface area (Å²) in [6.45, 7) is 6.35. The number of sulfonamides is 1. The second-order valence-electron chi connectivity index (χ2n) is 7.46. The van der Waals surface area contributed by atoms with Gasteiger partial charge in [-0.15, -0.1) is 0 Å². The monoisotopic (exact) mass is 433 g/mol. The van der Waals surface area contributed by atoms with E-state index < -0.39 is 10.0 Å². The highest BCUT2D eigenvalue weighted by Gasteiger charge is 2.20. The predicted molar refractivity (Wildman–Crippen MR) is 120 cm³/mol. The number of anilines is 2. The number of ether oxygens (including phenoxy) is 2. The molecule has 1 aliphatic rings. The lowest BCUT2D eigenvalue weighted by molar-refractivity contribution is 0.309. The van der Waals surface area contributed by atoms with E-state index in [1.165, 1.54) is 0 Å². The number of methoxy groups -OCH3 is 1. The van der Waals surface area contributed by atoms with Crippen LogP contribution < -0.4 is 19.1 Å². The molecule has 164 valence electrons. The van der Waals surface area contributed by atoms with Gasteiger partial charge in [0.15, 0.2) is 0 Å². The van der Waals surface area contributed by atoms with E-state index in [9.17, 15) is 8.42 Å². The fourth-order valence-electron chi connectivity index (χ4n) is 3.31. The number of piperazine rings is 1. The van der Waals surface area contributed by atoms with Gasteiger partial charge in [0.25, 0.3) is 10.0 Å². The van der Waals surface area contributed by atoms with Gasteiger partial charge in [-0.3, -0.25) is 4.72 Å². The topological polar surface area (TPSA) is 71.1 Å². The van der Waals surface area contributed by atoms with E-state index in [-0.39, 0.29) is 4.90 Å². The Bertz CT molecular complexity index is 924. The van der Waals surface area contributed by atoms with Crippen molar-refractivity contribution < 1.29 is 17.9 Å². The molecule has 0 unspecified atom stereocenters. The van der Waals surface area contributed by atoms with Crippen molar-refractivity contribution in [2.75, 3.05) is 56.6 Å². The summed E-state index contributed by atoms with van der Waals surface area (Å²) in [6.07, 6.45) is 2.02.